The Hall–Kier alpha value is -2.25. The third-order valence-corrected chi connectivity index (χ3v) is 3.82. The number of rotatable bonds is 5. The largest absolute Gasteiger partial charge is 0.468 e. The molecular weight excluding hydrogens is 284 g/mol. The molecular formula is C15H18N4O3. The number of aromatic nitrogens is 2. The van der Waals surface area contributed by atoms with E-state index in [-0.39, 0.29) is 30.2 Å². The zero-order valence-corrected chi connectivity index (χ0v) is 12.1. The van der Waals surface area contributed by atoms with Crippen molar-refractivity contribution in [3.05, 3.63) is 48.4 Å². The predicted molar refractivity (Wildman–Crippen MR) is 77.8 cm³/mol. The van der Waals surface area contributed by atoms with Crippen molar-refractivity contribution in [2.45, 2.75) is 12.6 Å². The molecule has 3 heterocycles. The highest BCUT2D eigenvalue weighted by molar-refractivity contribution is 5.92. The first-order valence-corrected chi connectivity index (χ1v) is 7.18. The zero-order valence-electron chi connectivity index (χ0n) is 12.1. The van der Waals surface area contributed by atoms with Gasteiger partial charge in [-0.3, -0.25) is 14.7 Å². The van der Waals surface area contributed by atoms with E-state index >= 15 is 0 Å². The van der Waals surface area contributed by atoms with Crippen molar-refractivity contribution in [2.75, 3.05) is 19.7 Å². The Morgan fingerprint density at radius 2 is 2.36 bits per heavy atom. The summed E-state index contributed by atoms with van der Waals surface area (Å²) < 4.78 is 5.34. The van der Waals surface area contributed by atoms with Crippen LogP contribution >= 0.6 is 0 Å². The number of aliphatic hydroxyl groups is 1. The van der Waals surface area contributed by atoms with E-state index in [1.807, 2.05) is 12.1 Å². The van der Waals surface area contributed by atoms with Gasteiger partial charge in [0.1, 0.15) is 11.5 Å². The third-order valence-electron chi connectivity index (χ3n) is 3.82. The molecule has 116 valence electrons. The average molecular weight is 302 g/mol. The van der Waals surface area contributed by atoms with Crippen LogP contribution in [0.5, 0.6) is 0 Å². The average Bonchev–Trinajstić information content (AvgIpc) is 3.18. The molecule has 1 fully saturated rings. The maximum absolute atomic E-state index is 12.2. The summed E-state index contributed by atoms with van der Waals surface area (Å²) in [6, 6.07) is 3.65. The lowest BCUT2D eigenvalue weighted by Crippen LogP contribution is -2.41. The van der Waals surface area contributed by atoms with Crippen molar-refractivity contribution in [3.8, 4) is 0 Å². The summed E-state index contributed by atoms with van der Waals surface area (Å²) in [6.45, 7) is 2.07. The van der Waals surface area contributed by atoms with Crippen molar-refractivity contribution in [2.24, 2.45) is 5.92 Å². The van der Waals surface area contributed by atoms with Gasteiger partial charge in [-0.15, -0.1) is 0 Å². The minimum atomic E-state index is -0.267. The first kappa shape index (κ1) is 14.7. The first-order valence-electron chi connectivity index (χ1n) is 7.18. The van der Waals surface area contributed by atoms with Crippen LogP contribution in [0.4, 0.5) is 0 Å². The van der Waals surface area contributed by atoms with E-state index in [1.54, 1.807) is 6.26 Å². The van der Waals surface area contributed by atoms with Crippen molar-refractivity contribution < 1.29 is 14.3 Å². The Balaban J connectivity index is 1.61. The maximum Gasteiger partial charge on any atom is 0.271 e. The standard InChI is InChI=1S/C15H18N4O3/c20-10-11-7-19(8-12-2-1-5-22-12)9-14(11)18-15(21)13-6-16-3-4-17-13/h1-6,11,14,20H,7-10H2,(H,18,21)/t11-,14+/m0/s1. The van der Waals surface area contributed by atoms with Gasteiger partial charge in [-0.25, -0.2) is 4.98 Å². The van der Waals surface area contributed by atoms with Crippen LogP contribution < -0.4 is 5.32 Å². The number of nitrogens with one attached hydrogen (secondary N) is 1. The van der Waals surface area contributed by atoms with Gasteiger partial charge >= 0.3 is 0 Å². The Kier molecular flexibility index (Phi) is 4.45. The van der Waals surface area contributed by atoms with Gasteiger partial charge in [-0.2, -0.15) is 0 Å². The van der Waals surface area contributed by atoms with Gasteiger partial charge in [0.05, 0.1) is 19.0 Å². The predicted octanol–water partition coefficient (Wildman–Crippen LogP) is 0.292. The van der Waals surface area contributed by atoms with E-state index in [0.717, 1.165) is 5.76 Å². The molecule has 0 radical (unpaired) electrons. The van der Waals surface area contributed by atoms with Gasteiger partial charge in [-0.1, -0.05) is 0 Å². The van der Waals surface area contributed by atoms with Gasteiger partial charge in [0.25, 0.3) is 5.91 Å². The van der Waals surface area contributed by atoms with Crippen LogP contribution in [-0.4, -0.2) is 51.6 Å². The van der Waals surface area contributed by atoms with Crippen LogP contribution in [0.15, 0.2) is 41.4 Å². The normalized spacial score (nSPS) is 21.9. The molecule has 0 spiro atoms. The van der Waals surface area contributed by atoms with E-state index < -0.39 is 0 Å². The number of furan rings is 1. The minimum absolute atomic E-state index is 0.00409. The van der Waals surface area contributed by atoms with Gasteiger partial charge < -0.3 is 14.8 Å². The van der Waals surface area contributed by atoms with Gasteiger partial charge in [0.15, 0.2) is 0 Å². The lowest BCUT2D eigenvalue weighted by atomic mass is 10.1. The second-order valence-corrected chi connectivity index (χ2v) is 5.39. The summed E-state index contributed by atoms with van der Waals surface area (Å²) in [5.41, 5.74) is 0.281. The number of amides is 1. The Labute approximate surface area is 128 Å². The molecule has 3 rings (SSSR count). The van der Waals surface area contributed by atoms with Crippen LogP contribution in [0, 0.1) is 5.92 Å². The number of likely N-dealkylation sites (tertiary alicyclic amines) is 1. The van der Waals surface area contributed by atoms with Crippen molar-refractivity contribution >= 4 is 5.91 Å². The summed E-state index contributed by atoms with van der Waals surface area (Å²) in [5, 5.41) is 12.5. The molecule has 7 heteroatoms. The molecule has 0 aliphatic carbocycles. The van der Waals surface area contributed by atoms with E-state index in [0.29, 0.717) is 19.6 Å². The molecule has 0 unspecified atom stereocenters. The Morgan fingerprint density at radius 3 is 3.05 bits per heavy atom. The molecule has 0 saturated carbocycles. The fourth-order valence-electron chi connectivity index (χ4n) is 2.72. The van der Waals surface area contributed by atoms with Gasteiger partial charge in [-0.05, 0) is 12.1 Å². The van der Waals surface area contributed by atoms with Gasteiger partial charge in [0.2, 0.25) is 0 Å². The molecule has 2 atom stereocenters. The van der Waals surface area contributed by atoms with Crippen LogP contribution in [0.25, 0.3) is 0 Å². The Bertz CT molecular complexity index is 603. The molecule has 2 aromatic heterocycles. The molecule has 2 N–H and O–H groups in total. The SMILES string of the molecule is O=C(N[C@@H]1CN(Cc2ccco2)C[C@H]1CO)c1cnccn1. The summed E-state index contributed by atoms with van der Waals surface area (Å²) >= 11 is 0. The highest BCUT2D eigenvalue weighted by Crippen LogP contribution is 2.19. The first-order chi connectivity index (χ1) is 10.8. The third kappa shape index (κ3) is 3.32. The number of hydrogen-bond donors (Lipinski definition) is 2. The van der Waals surface area contributed by atoms with Crippen molar-refractivity contribution in [3.63, 3.8) is 0 Å². The summed E-state index contributed by atoms with van der Waals surface area (Å²) in [7, 11) is 0. The highest BCUT2D eigenvalue weighted by atomic mass is 16.3. The van der Waals surface area contributed by atoms with Crippen molar-refractivity contribution in [1.82, 2.24) is 20.2 Å². The minimum Gasteiger partial charge on any atom is -0.468 e. The monoisotopic (exact) mass is 302 g/mol. The summed E-state index contributed by atoms with van der Waals surface area (Å²) in [6.07, 6.45) is 6.07. The Morgan fingerprint density at radius 1 is 1.45 bits per heavy atom. The smallest absolute Gasteiger partial charge is 0.271 e. The van der Waals surface area contributed by atoms with Crippen LogP contribution in [0.1, 0.15) is 16.2 Å². The molecule has 1 saturated heterocycles. The van der Waals surface area contributed by atoms with Crippen LogP contribution in [-0.2, 0) is 6.54 Å². The lowest BCUT2D eigenvalue weighted by molar-refractivity contribution is 0.0915. The van der Waals surface area contributed by atoms with Gasteiger partial charge in [0, 0.05) is 44.0 Å². The molecule has 0 bridgehead atoms. The molecule has 1 aliphatic heterocycles. The molecule has 2 aromatic rings. The van der Waals surface area contributed by atoms with E-state index in [9.17, 15) is 9.90 Å². The fourth-order valence-corrected chi connectivity index (χ4v) is 2.72. The van der Waals surface area contributed by atoms with Crippen LogP contribution in [0.2, 0.25) is 0 Å². The van der Waals surface area contributed by atoms with E-state index in [4.69, 9.17) is 4.42 Å². The fraction of sp³-hybridized carbons (Fsp3) is 0.400. The molecule has 1 amide bonds. The second-order valence-electron chi connectivity index (χ2n) is 5.39. The number of nitrogens with zero attached hydrogens (tertiary/aromatic N) is 3. The summed E-state index contributed by atoms with van der Waals surface area (Å²) in [4.78, 5) is 22.2. The van der Waals surface area contributed by atoms with E-state index in [1.165, 1.54) is 18.6 Å². The molecule has 7 nitrogen and oxygen atoms in total. The lowest BCUT2D eigenvalue weighted by Gasteiger charge is -2.17. The van der Waals surface area contributed by atoms with Crippen molar-refractivity contribution in [1.29, 1.82) is 0 Å². The topological polar surface area (TPSA) is 91.5 Å². The summed E-state index contributed by atoms with van der Waals surface area (Å²) in [5.74, 6) is 0.601. The number of carbonyl (C=O) groups is 1. The second kappa shape index (κ2) is 6.67. The number of aliphatic hydroxyl groups excluding tert-OH is 1. The van der Waals surface area contributed by atoms with E-state index in [2.05, 4.69) is 20.2 Å². The quantitative estimate of drug-likeness (QED) is 0.825. The highest BCUT2D eigenvalue weighted by Gasteiger charge is 2.33. The number of hydrogen-bond acceptors (Lipinski definition) is 6. The maximum atomic E-state index is 12.2. The van der Waals surface area contributed by atoms with Crippen LogP contribution in [0.3, 0.4) is 0 Å². The zero-order chi connectivity index (χ0) is 15.4. The molecule has 0 aromatic carbocycles. The molecule has 22 heavy (non-hydrogen) atoms. The number of carbonyl (C=O) groups excluding carboxylic acids is 1. The molecule has 1 aliphatic rings.